The van der Waals surface area contributed by atoms with Gasteiger partial charge in [-0.3, -0.25) is 9.00 Å². The summed E-state index contributed by atoms with van der Waals surface area (Å²) in [6.45, 7) is 2.58. The summed E-state index contributed by atoms with van der Waals surface area (Å²) in [5.41, 5.74) is 7.14. The molecule has 1 saturated carbocycles. The largest absolute Gasteiger partial charge is 0.399 e. The molecular formula is C13H18N2O2S. The number of carbonyl (C=O) groups excluding carboxylic acids is 1. The summed E-state index contributed by atoms with van der Waals surface area (Å²) in [5, 5.41) is 2.82. The molecule has 18 heavy (non-hydrogen) atoms. The van der Waals surface area contributed by atoms with Crippen molar-refractivity contribution < 1.29 is 9.00 Å². The number of hydrogen-bond donors (Lipinski definition) is 2. The summed E-state index contributed by atoms with van der Waals surface area (Å²) in [7, 11) is -1.32. The third-order valence-electron chi connectivity index (χ3n) is 3.00. The van der Waals surface area contributed by atoms with Gasteiger partial charge in [-0.25, -0.2) is 0 Å². The number of nitrogens with one attached hydrogen (secondary N) is 1. The fraction of sp³-hybridized carbons (Fsp3) is 0.462. The summed E-state index contributed by atoms with van der Waals surface area (Å²) in [6.07, 6.45) is 2.38. The van der Waals surface area contributed by atoms with Gasteiger partial charge >= 0.3 is 0 Å². The highest BCUT2D eigenvalue weighted by Gasteiger charge is 2.22. The SMILES string of the molecule is Cc1ccc(N)cc1S(=O)CC(=O)NCC1CC1. The summed E-state index contributed by atoms with van der Waals surface area (Å²) in [4.78, 5) is 12.3. The lowest BCUT2D eigenvalue weighted by atomic mass is 10.2. The predicted octanol–water partition coefficient (Wildman–Crippen LogP) is 1.21. The highest BCUT2D eigenvalue weighted by Crippen LogP contribution is 2.27. The average Bonchev–Trinajstić information content (AvgIpc) is 3.13. The lowest BCUT2D eigenvalue weighted by Crippen LogP contribution is -2.30. The summed E-state index contributed by atoms with van der Waals surface area (Å²) in [6, 6.07) is 5.27. The minimum Gasteiger partial charge on any atom is -0.399 e. The smallest absolute Gasteiger partial charge is 0.233 e. The van der Waals surface area contributed by atoms with Crippen molar-refractivity contribution in [2.24, 2.45) is 5.92 Å². The van der Waals surface area contributed by atoms with Gasteiger partial charge in [0.25, 0.3) is 0 Å². The Hall–Kier alpha value is -1.36. The quantitative estimate of drug-likeness (QED) is 0.787. The fourth-order valence-electron chi connectivity index (χ4n) is 1.69. The lowest BCUT2D eigenvalue weighted by Gasteiger charge is -2.07. The molecule has 1 amide bonds. The number of aryl methyl sites for hydroxylation is 1. The van der Waals surface area contributed by atoms with E-state index in [-0.39, 0.29) is 11.7 Å². The summed E-state index contributed by atoms with van der Waals surface area (Å²) < 4.78 is 12.1. The van der Waals surface area contributed by atoms with Gasteiger partial charge in [0.05, 0.1) is 10.8 Å². The van der Waals surface area contributed by atoms with Crippen LogP contribution in [0, 0.1) is 12.8 Å². The van der Waals surface area contributed by atoms with Crippen LogP contribution >= 0.6 is 0 Å². The van der Waals surface area contributed by atoms with E-state index in [1.807, 2.05) is 13.0 Å². The van der Waals surface area contributed by atoms with Crippen molar-refractivity contribution in [1.29, 1.82) is 0 Å². The molecule has 0 aromatic heterocycles. The van der Waals surface area contributed by atoms with Crippen molar-refractivity contribution in [3.8, 4) is 0 Å². The van der Waals surface area contributed by atoms with Crippen molar-refractivity contribution in [3.63, 3.8) is 0 Å². The number of benzene rings is 1. The minimum absolute atomic E-state index is 0.0109. The molecule has 0 spiro atoms. The van der Waals surface area contributed by atoms with Crippen LogP contribution in [-0.2, 0) is 15.6 Å². The Labute approximate surface area is 109 Å². The van der Waals surface area contributed by atoms with E-state index in [0.717, 1.165) is 5.56 Å². The van der Waals surface area contributed by atoms with E-state index < -0.39 is 10.8 Å². The topological polar surface area (TPSA) is 72.2 Å². The van der Waals surface area contributed by atoms with E-state index in [1.54, 1.807) is 12.1 Å². The average molecular weight is 266 g/mol. The van der Waals surface area contributed by atoms with Gasteiger partial charge < -0.3 is 11.1 Å². The van der Waals surface area contributed by atoms with E-state index in [9.17, 15) is 9.00 Å². The Balaban J connectivity index is 1.93. The Morgan fingerprint density at radius 1 is 1.50 bits per heavy atom. The molecule has 0 saturated heterocycles. The highest BCUT2D eigenvalue weighted by atomic mass is 32.2. The van der Waals surface area contributed by atoms with Crippen molar-refractivity contribution in [2.75, 3.05) is 18.0 Å². The second kappa shape index (κ2) is 5.52. The minimum atomic E-state index is -1.32. The molecule has 1 unspecified atom stereocenters. The monoisotopic (exact) mass is 266 g/mol. The van der Waals surface area contributed by atoms with Gasteiger partial charge in [0.15, 0.2) is 0 Å². The lowest BCUT2D eigenvalue weighted by molar-refractivity contribution is -0.118. The molecule has 0 radical (unpaired) electrons. The van der Waals surface area contributed by atoms with Crippen LogP contribution in [0.4, 0.5) is 5.69 Å². The molecule has 1 aromatic rings. The van der Waals surface area contributed by atoms with E-state index in [2.05, 4.69) is 5.32 Å². The molecule has 0 bridgehead atoms. The number of nitrogen functional groups attached to an aromatic ring is 1. The van der Waals surface area contributed by atoms with Gasteiger partial charge in [0.2, 0.25) is 5.91 Å². The number of nitrogens with two attached hydrogens (primary N) is 1. The van der Waals surface area contributed by atoms with E-state index >= 15 is 0 Å². The number of carbonyl (C=O) groups is 1. The van der Waals surface area contributed by atoms with Gasteiger partial charge in [-0.2, -0.15) is 0 Å². The van der Waals surface area contributed by atoms with Gasteiger partial charge in [-0.15, -0.1) is 0 Å². The number of hydrogen-bond acceptors (Lipinski definition) is 3. The highest BCUT2D eigenvalue weighted by molar-refractivity contribution is 7.85. The van der Waals surface area contributed by atoms with Crippen LogP contribution in [0.3, 0.4) is 0 Å². The van der Waals surface area contributed by atoms with Crippen LogP contribution < -0.4 is 11.1 Å². The zero-order valence-electron chi connectivity index (χ0n) is 10.4. The fourth-order valence-corrected chi connectivity index (χ4v) is 2.88. The van der Waals surface area contributed by atoms with Crippen LogP contribution in [0.25, 0.3) is 0 Å². The molecule has 1 fully saturated rings. The van der Waals surface area contributed by atoms with E-state index in [4.69, 9.17) is 5.73 Å². The number of rotatable bonds is 5. The van der Waals surface area contributed by atoms with Crippen LogP contribution in [0.2, 0.25) is 0 Å². The molecule has 1 aliphatic carbocycles. The summed E-state index contributed by atoms with van der Waals surface area (Å²) >= 11 is 0. The van der Waals surface area contributed by atoms with Gasteiger partial charge in [0, 0.05) is 17.1 Å². The standard InChI is InChI=1S/C13H18N2O2S/c1-9-2-5-11(14)6-12(9)18(17)8-13(16)15-7-10-3-4-10/h2,5-6,10H,3-4,7-8,14H2,1H3,(H,15,16). The molecule has 0 heterocycles. The Bertz CT molecular complexity index is 484. The van der Waals surface area contributed by atoms with Crippen LogP contribution in [0.15, 0.2) is 23.1 Å². The van der Waals surface area contributed by atoms with Gasteiger partial charge in [-0.1, -0.05) is 6.07 Å². The van der Waals surface area contributed by atoms with Gasteiger partial charge in [0.1, 0.15) is 5.75 Å². The van der Waals surface area contributed by atoms with Crippen molar-refractivity contribution in [3.05, 3.63) is 23.8 Å². The first kappa shape index (κ1) is 13.1. The molecule has 98 valence electrons. The molecule has 0 aliphatic heterocycles. The number of anilines is 1. The van der Waals surface area contributed by atoms with Crippen LogP contribution in [0.5, 0.6) is 0 Å². The van der Waals surface area contributed by atoms with Crippen LogP contribution in [-0.4, -0.2) is 22.4 Å². The molecule has 1 atom stereocenters. The Morgan fingerprint density at radius 2 is 2.22 bits per heavy atom. The maximum atomic E-state index is 12.1. The van der Waals surface area contributed by atoms with Crippen molar-refractivity contribution in [1.82, 2.24) is 5.32 Å². The van der Waals surface area contributed by atoms with E-state index in [0.29, 0.717) is 23.0 Å². The third kappa shape index (κ3) is 3.57. The third-order valence-corrected chi connectivity index (χ3v) is 4.46. The number of amides is 1. The zero-order chi connectivity index (χ0) is 13.1. The maximum absolute atomic E-state index is 12.1. The second-order valence-corrected chi connectivity index (χ2v) is 6.18. The first-order valence-corrected chi connectivity index (χ1v) is 7.39. The molecular weight excluding hydrogens is 248 g/mol. The summed E-state index contributed by atoms with van der Waals surface area (Å²) in [5.74, 6) is 0.496. The molecule has 1 aromatic carbocycles. The molecule has 3 N–H and O–H groups in total. The molecule has 5 heteroatoms. The Morgan fingerprint density at radius 3 is 2.89 bits per heavy atom. The van der Waals surface area contributed by atoms with Gasteiger partial charge in [-0.05, 0) is 43.4 Å². The zero-order valence-corrected chi connectivity index (χ0v) is 11.3. The Kier molecular flexibility index (Phi) is 4.01. The second-order valence-electron chi connectivity index (χ2n) is 4.76. The first-order valence-electron chi connectivity index (χ1n) is 6.07. The predicted molar refractivity (Wildman–Crippen MR) is 72.6 cm³/mol. The maximum Gasteiger partial charge on any atom is 0.233 e. The molecule has 2 rings (SSSR count). The normalized spacial score (nSPS) is 16.3. The first-order chi connectivity index (χ1) is 8.56. The van der Waals surface area contributed by atoms with Crippen molar-refractivity contribution in [2.45, 2.75) is 24.7 Å². The molecule has 4 nitrogen and oxygen atoms in total. The van der Waals surface area contributed by atoms with E-state index in [1.165, 1.54) is 12.8 Å². The molecule has 1 aliphatic rings. The van der Waals surface area contributed by atoms with Crippen molar-refractivity contribution >= 4 is 22.4 Å². The van der Waals surface area contributed by atoms with Crippen LogP contribution in [0.1, 0.15) is 18.4 Å².